The molecule has 0 unspecified atom stereocenters. The number of sulfonamides is 1. The topological polar surface area (TPSA) is 94.2 Å². The number of anilines is 2. The molecule has 186 valence electrons. The number of rotatable bonds is 9. The summed E-state index contributed by atoms with van der Waals surface area (Å²) in [6, 6.07) is 15.2. The third kappa shape index (κ3) is 5.86. The molecule has 0 bridgehead atoms. The molecule has 8 nitrogen and oxygen atoms in total. The van der Waals surface area contributed by atoms with Crippen molar-refractivity contribution in [1.82, 2.24) is 0 Å². The first-order valence-corrected chi connectivity index (χ1v) is 12.3. The lowest BCUT2D eigenvalue weighted by atomic mass is 10.1. The van der Waals surface area contributed by atoms with Crippen molar-refractivity contribution in [1.29, 1.82) is 0 Å². The zero-order chi connectivity index (χ0) is 25.8. The molecule has 0 heterocycles. The zero-order valence-electron chi connectivity index (χ0n) is 20.7. The van der Waals surface area contributed by atoms with Crippen LogP contribution in [0.25, 0.3) is 0 Å². The second kappa shape index (κ2) is 10.7. The van der Waals surface area contributed by atoms with E-state index in [-0.39, 0.29) is 10.6 Å². The van der Waals surface area contributed by atoms with E-state index in [4.69, 9.17) is 14.2 Å². The fraction of sp³-hybridized carbons (Fsp3) is 0.269. The molecule has 1 N–H and O–H groups in total. The van der Waals surface area contributed by atoms with Gasteiger partial charge in [0, 0.05) is 11.8 Å². The lowest BCUT2D eigenvalue weighted by molar-refractivity contribution is -0.114. The standard InChI is InChI=1S/C26H30N2O6S/c1-17-7-9-23(33-5)25(14-17)35(30,31)28(21-12-18(2)11-19(3)13-21)16-26(29)27-20-8-10-22(32-4)24(15-20)34-6/h7-15H,16H2,1-6H3,(H,27,29). The predicted molar refractivity (Wildman–Crippen MR) is 136 cm³/mol. The Morgan fingerprint density at radius 3 is 1.97 bits per heavy atom. The Labute approximate surface area is 206 Å². The number of nitrogens with one attached hydrogen (secondary N) is 1. The van der Waals surface area contributed by atoms with Gasteiger partial charge in [0.15, 0.2) is 11.5 Å². The molecule has 0 aliphatic heterocycles. The lowest BCUT2D eigenvalue weighted by Gasteiger charge is -2.26. The van der Waals surface area contributed by atoms with Gasteiger partial charge < -0.3 is 19.5 Å². The summed E-state index contributed by atoms with van der Waals surface area (Å²) in [4.78, 5) is 13.1. The van der Waals surface area contributed by atoms with E-state index >= 15 is 0 Å². The minimum Gasteiger partial charge on any atom is -0.495 e. The first-order chi connectivity index (χ1) is 16.6. The van der Waals surface area contributed by atoms with Gasteiger partial charge in [0.25, 0.3) is 10.0 Å². The van der Waals surface area contributed by atoms with Gasteiger partial charge in [-0.05, 0) is 73.9 Å². The van der Waals surface area contributed by atoms with Crippen LogP contribution in [-0.2, 0) is 14.8 Å². The van der Waals surface area contributed by atoms with Crippen LogP contribution >= 0.6 is 0 Å². The van der Waals surface area contributed by atoms with Crippen molar-refractivity contribution in [2.45, 2.75) is 25.7 Å². The van der Waals surface area contributed by atoms with Gasteiger partial charge in [-0.3, -0.25) is 9.10 Å². The van der Waals surface area contributed by atoms with Crippen LogP contribution in [0, 0.1) is 20.8 Å². The van der Waals surface area contributed by atoms with Crippen molar-refractivity contribution in [2.75, 3.05) is 37.5 Å². The van der Waals surface area contributed by atoms with Gasteiger partial charge in [-0.1, -0.05) is 12.1 Å². The number of ether oxygens (including phenoxy) is 3. The first-order valence-electron chi connectivity index (χ1n) is 10.9. The molecule has 0 radical (unpaired) electrons. The Morgan fingerprint density at radius 1 is 0.771 bits per heavy atom. The van der Waals surface area contributed by atoms with Crippen LogP contribution in [0.2, 0.25) is 0 Å². The molecule has 0 saturated heterocycles. The molecule has 0 fully saturated rings. The minimum absolute atomic E-state index is 0.0157. The quantitative estimate of drug-likeness (QED) is 0.468. The van der Waals surface area contributed by atoms with Crippen molar-refractivity contribution in [3.05, 3.63) is 71.3 Å². The van der Waals surface area contributed by atoms with Crippen molar-refractivity contribution < 1.29 is 27.4 Å². The average Bonchev–Trinajstić information content (AvgIpc) is 2.81. The molecule has 1 amide bonds. The Kier molecular flexibility index (Phi) is 7.91. The van der Waals surface area contributed by atoms with Gasteiger partial charge in [0.2, 0.25) is 5.91 Å². The smallest absolute Gasteiger partial charge is 0.268 e. The summed E-state index contributed by atoms with van der Waals surface area (Å²) in [5, 5.41) is 2.75. The third-order valence-corrected chi connectivity index (χ3v) is 7.13. The molecular formula is C26H30N2O6S. The Hall–Kier alpha value is -3.72. The maximum atomic E-state index is 13.9. The van der Waals surface area contributed by atoms with Gasteiger partial charge in [-0.2, -0.15) is 0 Å². The van der Waals surface area contributed by atoms with E-state index in [0.717, 1.165) is 21.0 Å². The number of hydrogen-bond donors (Lipinski definition) is 1. The predicted octanol–water partition coefficient (Wildman–Crippen LogP) is 4.47. The van der Waals surface area contributed by atoms with Gasteiger partial charge >= 0.3 is 0 Å². The molecule has 0 aliphatic rings. The van der Waals surface area contributed by atoms with Gasteiger partial charge in [-0.25, -0.2) is 8.42 Å². The summed E-state index contributed by atoms with van der Waals surface area (Å²) in [6.45, 7) is 5.09. The lowest BCUT2D eigenvalue weighted by Crippen LogP contribution is -2.38. The molecule has 0 aliphatic carbocycles. The average molecular weight is 499 g/mol. The fourth-order valence-electron chi connectivity index (χ4n) is 3.76. The molecule has 3 aromatic carbocycles. The number of carbonyl (C=O) groups excluding carboxylic acids is 1. The van der Waals surface area contributed by atoms with Gasteiger partial charge in [0.1, 0.15) is 17.2 Å². The third-order valence-electron chi connectivity index (χ3n) is 5.34. The molecule has 3 rings (SSSR count). The number of carbonyl (C=O) groups is 1. The van der Waals surface area contributed by atoms with Crippen molar-refractivity contribution in [3.8, 4) is 17.2 Å². The summed E-state index contributed by atoms with van der Waals surface area (Å²) in [7, 11) is 0.260. The second-order valence-corrected chi connectivity index (χ2v) is 9.96. The maximum Gasteiger partial charge on any atom is 0.268 e. The Bertz CT molecular complexity index is 1320. The van der Waals surface area contributed by atoms with Crippen LogP contribution in [0.5, 0.6) is 17.2 Å². The normalized spacial score (nSPS) is 11.0. The van der Waals surface area contributed by atoms with Crippen molar-refractivity contribution in [3.63, 3.8) is 0 Å². The van der Waals surface area contributed by atoms with E-state index in [1.54, 1.807) is 49.4 Å². The van der Waals surface area contributed by atoms with Crippen LogP contribution in [0.3, 0.4) is 0 Å². The summed E-state index contributed by atoms with van der Waals surface area (Å²) < 4.78 is 44.7. The van der Waals surface area contributed by atoms with Crippen molar-refractivity contribution in [2.24, 2.45) is 0 Å². The highest BCUT2D eigenvalue weighted by Gasteiger charge is 2.30. The Morgan fingerprint density at radius 2 is 1.37 bits per heavy atom. The maximum absolute atomic E-state index is 13.9. The molecule has 0 saturated carbocycles. The van der Waals surface area contributed by atoms with Crippen LogP contribution in [0.1, 0.15) is 16.7 Å². The number of amides is 1. The molecule has 9 heteroatoms. The van der Waals surface area contributed by atoms with Gasteiger partial charge in [0.05, 0.1) is 27.0 Å². The van der Waals surface area contributed by atoms with E-state index in [0.29, 0.717) is 22.9 Å². The zero-order valence-corrected chi connectivity index (χ0v) is 21.5. The second-order valence-electron chi connectivity index (χ2n) is 8.13. The highest BCUT2D eigenvalue weighted by atomic mass is 32.2. The highest BCUT2D eigenvalue weighted by molar-refractivity contribution is 7.93. The number of aryl methyl sites for hydroxylation is 3. The number of benzene rings is 3. The number of hydrogen-bond acceptors (Lipinski definition) is 6. The van der Waals surface area contributed by atoms with E-state index in [2.05, 4.69) is 5.32 Å². The van der Waals surface area contributed by atoms with Crippen LogP contribution in [-0.4, -0.2) is 42.2 Å². The SMILES string of the molecule is COc1ccc(NC(=O)CN(c2cc(C)cc(C)c2)S(=O)(=O)c2cc(C)ccc2OC)cc1OC. The molecule has 0 spiro atoms. The van der Waals surface area contributed by atoms with E-state index in [9.17, 15) is 13.2 Å². The summed E-state index contributed by atoms with van der Waals surface area (Å²) in [6.07, 6.45) is 0. The van der Waals surface area contributed by atoms with E-state index in [1.807, 2.05) is 19.9 Å². The summed E-state index contributed by atoms with van der Waals surface area (Å²) in [5.74, 6) is 0.627. The molecule has 0 aromatic heterocycles. The van der Waals surface area contributed by atoms with Crippen LogP contribution in [0.15, 0.2) is 59.5 Å². The van der Waals surface area contributed by atoms with Crippen molar-refractivity contribution >= 4 is 27.3 Å². The molecular weight excluding hydrogens is 468 g/mol. The molecule has 35 heavy (non-hydrogen) atoms. The monoisotopic (exact) mass is 498 g/mol. The van der Waals surface area contributed by atoms with E-state index in [1.165, 1.54) is 27.4 Å². The highest BCUT2D eigenvalue weighted by Crippen LogP contribution is 2.33. The Balaban J connectivity index is 2.03. The van der Waals surface area contributed by atoms with E-state index < -0.39 is 22.5 Å². The minimum atomic E-state index is -4.16. The molecule has 0 atom stereocenters. The largest absolute Gasteiger partial charge is 0.495 e. The molecule has 3 aromatic rings. The first kappa shape index (κ1) is 25.9. The van der Waals surface area contributed by atoms with Crippen LogP contribution in [0.4, 0.5) is 11.4 Å². The summed E-state index contributed by atoms with van der Waals surface area (Å²) in [5.41, 5.74) is 3.32. The number of nitrogens with zero attached hydrogens (tertiary/aromatic N) is 1. The summed E-state index contributed by atoms with van der Waals surface area (Å²) >= 11 is 0. The van der Waals surface area contributed by atoms with Crippen LogP contribution < -0.4 is 23.8 Å². The fourth-order valence-corrected chi connectivity index (χ4v) is 5.41. The number of methoxy groups -OCH3 is 3. The van der Waals surface area contributed by atoms with Gasteiger partial charge in [-0.15, -0.1) is 0 Å².